The number of carbonyl (C=O) groups excluding carboxylic acids is 1. The third-order valence-corrected chi connectivity index (χ3v) is 6.83. The monoisotopic (exact) mass is 513 g/mol. The van der Waals surface area contributed by atoms with E-state index >= 15 is 0 Å². The van der Waals surface area contributed by atoms with Crippen molar-refractivity contribution in [3.05, 3.63) is 94.5 Å². The number of carboxylic acid groups (broad SMARTS) is 1. The molecule has 192 valence electrons. The number of thioether (sulfide) groups is 1. The maximum absolute atomic E-state index is 13.2. The van der Waals surface area contributed by atoms with Crippen LogP contribution < -0.4 is 5.32 Å². The van der Waals surface area contributed by atoms with Crippen molar-refractivity contribution in [1.29, 1.82) is 0 Å². The Balaban J connectivity index is 0.00000481. The van der Waals surface area contributed by atoms with Crippen molar-refractivity contribution in [3.63, 3.8) is 0 Å². The molecule has 3 aromatic rings. The molecular weight excluding hydrogens is 477 g/mol. The Bertz CT molecular complexity index is 1200. The molecule has 5 nitrogen and oxygen atoms in total. The second kappa shape index (κ2) is 15.0. The third-order valence-electron chi connectivity index (χ3n) is 6.18. The van der Waals surface area contributed by atoms with Crippen LogP contribution in [0.5, 0.6) is 0 Å². The quantitative estimate of drug-likeness (QED) is 0.300. The van der Waals surface area contributed by atoms with Gasteiger partial charge in [-0.3, -0.25) is 4.79 Å². The number of aliphatic carboxylic acids is 1. The molecule has 0 radical (unpaired) electrons. The minimum atomic E-state index is -1.03. The molecule has 37 heavy (non-hydrogen) atoms. The van der Waals surface area contributed by atoms with Crippen LogP contribution in [-0.2, 0) is 22.7 Å². The van der Waals surface area contributed by atoms with Crippen LogP contribution in [0.2, 0.25) is 0 Å². The van der Waals surface area contributed by atoms with E-state index in [0.717, 1.165) is 22.3 Å². The Morgan fingerprint density at radius 2 is 1.68 bits per heavy atom. The Morgan fingerprint density at radius 3 is 2.35 bits per heavy atom. The fourth-order valence-electron chi connectivity index (χ4n) is 4.21. The van der Waals surface area contributed by atoms with Gasteiger partial charge < -0.3 is 15.2 Å². The van der Waals surface area contributed by atoms with Gasteiger partial charge in [-0.15, -0.1) is 0 Å². The Labute approximate surface area is 236 Å². The van der Waals surface area contributed by atoms with Gasteiger partial charge in [0.05, 0.1) is 13.2 Å². The van der Waals surface area contributed by atoms with E-state index in [9.17, 15) is 14.7 Å². The van der Waals surface area contributed by atoms with Crippen molar-refractivity contribution >= 4 is 42.5 Å². The second-order valence-corrected chi connectivity index (χ2v) is 10.2. The van der Waals surface area contributed by atoms with Gasteiger partial charge in [0.15, 0.2) is 0 Å². The predicted molar refractivity (Wildman–Crippen MR) is 155 cm³/mol. The van der Waals surface area contributed by atoms with Gasteiger partial charge in [0, 0.05) is 5.56 Å². The van der Waals surface area contributed by atoms with E-state index in [1.54, 1.807) is 17.8 Å². The van der Waals surface area contributed by atoms with Gasteiger partial charge in [0.1, 0.15) is 6.04 Å². The number of aryl methyl sites for hydroxylation is 1. The number of benzene rings is 3. The summed E-state index contributed by atoms with van der Waals surface area (Å²) in [5, 5.41) is 12.3. The summed E-state index contributed by atoms with van der Waals surface area (Å²) in [5.74, 6) is -0.347. The molecule has 2 N–H and O–H groups in total. The summed E-state index contributed by atoms with van der Waals surface area (Å²) in [4.78, 5) is 24.9. The number of nitrogens with one attached hydrogen (secondary N) is 1. The average molecular weight is 514 g/mol. The first-order chi connectivity index (χ1) is 17.3. The number of ether oxygens (including phenoxy) is 1. The van der Waals surface area contributed by atoms with E-state index in [1.165, 1.54) is 11.1 Å². The zero-order chi connectivity index (χ0) is 26.1. The number of carboxylic acids is 1. The van der Waals surface area contributed by atoms with E-state index in [2.05, 4.69) is 31.3 Å². The van der Waals surface area contributed by atoms with E-state index in [-0.39, 0.29) is 24.8 Å². The van der Waals surface area contributed by atoms with Crippen molar-refractivity contribution in [2.45, 2.75) is 52.4 Å². The first-order valence-corrected chi connectivity index (χ1v) is 13.6. The van der Waals surface area contributed by atoms with Crippen LogP contribution in [0.15, 0.2) is 66.7 Å². The van der Waals surface area contributed by atoms with Crippen LogP contribution in [0.4, 0.5) is 0 Å². The molecule has 0 spiro atoms. The number of hydrogen-bond acceptors (Lipinski definition) is 4. The molecule has 0 saturated carbocycles. The summed E-state index contributed by atoms with van der Waals surface area (Å²) >= 11 is 1.55. The number of carbonyl (C=O) groups is 2. The van der Waals surface area contributed by atoms with Crippen molar-refractivity contribution in [2.24, 2.45) is 0 Å². The molecule has 0 fully saturated rings. The first kappa shape index (κ1) is 30.7. The van der Waals surface area contributed by atoms with Crippen molar-refractivity contribution in [2.75, 3.05) is 12.0 Å². The molecule has 0 aliphatic heterocycles. The van der Waals surface area contributed by atoms with Gasteiger partial charge in [-0.1, -0.05) is 68.4 Å². The summed E-state index contributed by atoms with van der Waals surface area (Å²) in [6.07, 6.45) is 2.28. The van der Waals surface area contributed by atoms with E-state index in [4.69, 9.17) is 4.74 Å². The fraction of sp³-hybridized carbons (Fsp3) is 0.333. The third kappa shape index (κ3) is 8.51. The molecule has 1 amide bonds. The standard InChI is InChI=1S/C30H35NO4S.Li.H/c1-20(2)24-11-8-6-10-23(24)19-35-18-22-13-14-26(27(17-22)25-12-7-5-9-21(25)3)29(32)31-28(30(33)34)15-16-36-4;;/h5-14,17,20,28H,15-16,18-19H2,1-4H3,(H,31,32)(H,33,34);;/t28-;;/m0../s1. The molecule has 3 aromatic carbocycles. The topological polar surface area (TPSA) is 75.6 Å². The average Bonchev–Trinajstić information content (AvgIpc) is 2.86. The van der Waals surface area contributed by atoms with Crippen LogP contribution in [0.25, 0.3) is 11.1 Å². The van der Waals surface area contributed by atoms with E-state index in [0.29, 0.717) is 36.9 Å². The Kier molecular flexibility index (Phi) is 12.5. The zero-order valence-corrected chi connectivity index (χ0v) is 22.2. The number of rotatable bonds is 12. The van der Waals surface area contributed by atoms with Gasteiger partial charge in [-0.2, -0.15) is 11.8 Å². The summed E-state index contributed by atoms with van der Waals surface area (Å²) in [5.41, 5.74) is 6.59. The molecule has 0 heterocycles. The molecule has 3 rings (SSSR count). The van der Waals surface area contributed by atoms with Crippen molar-refractivity contribution < 1.29 is 19.4 Å². The van der Waals surface area contributed by atoms with Crippen LogP contribution in [0.3, 0.4) is 0 Å². The minimum absolute atomic E-state index is 0. The molecule has 0 aliphatic rings. The second-order valence-electron chi connectivity index (χ2n) is 9.19. The molecule has 1 atom stereocenters. The van der Waals surface area contributed by atoms with Crippen LogP contribution in [0.1, 0.15) is 58.8 Å². The van der Waals surface area contributed by atoms with Gasteiger partial charge in [0.2, 0.25) is 0 Å². The molecule has 0 saturated heterocycles. The fourth-order valence-corrected chi connectivity index (χ4v) is 4.69. The summed E-state index contributed by atoms with van der Waals surface area (Å²) < 4.78 is 6.08. The summed E-state index contributed by atoms with van der Waals surface area (Å²) in [6.45, 7) is 7.26. The number of amides is 1. The van der Waals surface area contributed by atoms with E-state index in [1.807, 2.05) is 61.7 Å². The zero-order valence-electron chi connectivity index (χ0n) is 21.4. The SMILES string of the molecule is CSCC[C@H](NC(=O)c1ccc(COCc2ccccc2C(C)C)cc1-c1ccccc1C)C(=O)O.[LiH]. The molecule has 0 aromatic heterocycles. The summed E-state index contributed by atoms with van der Waals surface area (Å²) in [6, 6.07) is 20.9. The van der Waals surface area contributed by atoms with Crippen molar-refractivity contribution in [3.8, 4) is 11.1 Å². The molecular formula is C30H36LiNO4S. The molecule has 7 heteroatoms. The molecule has 0 unspecified atom stereocenters. The molecule has 0 aliphatic carbocycles. The number of hydrogen-bond donors (Lipinski definition) is 2. The maximum atomic E-state index is 13.2. The van der Waals surface area contributed by atoms with Crippen molar-refractivity contribution in [1.82, 2.24) is 5.32 Å². The van der Waals surface area contributed by atoms with E-state index < -0.39 is 12.0 Å². The summed E-state index contributed by atoms with van der Waals surface area (Å²) in [7, 11) is 0. The van der Waals surface area contributed by atoms with Crippen LogP contribution >= 0.6 is 11.8 Å². The molecule has 0 bridgehead atoms. The van der Waals surface area contributed by atoms with Gasteiger partial charge in [-0.05, 0) is 76.8 Å². The van der Waals surface area contributed by atoms with Gasteiger partial charge in [0.25, 0.3) is 5.91 Å². The van der Waals surface area contributed by atoms with Gasteiger partial charge in [-0.25, -0.2) is 4.79 Å². The first-order valence-electron chi connectivity index (χ1n) is 12.2. The van der Waals surface area contributed by atoms with Gasteiger partial charge >= 0.3 is 24.8 Å². The Hall–Kier alpha value is -2.49. The predicted octanol–water partition coefficient (Wildman–Crippen LogP) is 5.79. The van der Waals surface area contributed by atoms with Crippen LogP contribution in [-0.4, -0.2) is 53.9 Å². The Morgan fingerprint density at radius 1 is 0.973 bits per heavy atom. The van der Waals surface area contributed by atoms with Crippen LogP contribution in [0, 0.1) is 6.92 Å². The normalized spacial score (nSPS) is 11.6.